The Morgan fingerprint density at radius 1 is 1.27 bits per heavy atom. The monoisotopic (exact) mass is 161 g/mol. The summed E-state index contributed by atoms with van der Waals surface area (Å²) in [7, 11) is 0. The molecule has 0 aromatic heterocycles. The first-order valence-corrected chi connectivity index (χ1v) is 3.64. The number of ketones is 1. The molecule has 0 heterocycles. The van der Waals surface area contributed by atoms with E-state index in [1.807, 2.05) is 0 Å². The molecular formula is C7H15NO3. The first-order valence-electron chi connectivity index (χ1n) is 3.64. The maximum Gasteiger partial charge on any atom is 0.143 e. The second-order valence-electron chi connectivity index (χ2n) is 2.43. The van der Waals surface area contributed by atoms with Crippen molar-refractivity contribution in [3.63, 3.8) is 0 Å². The van der Waals surface area contributed by atoms with Gasteiger partial charge in [0, 0.05) is 13.1 Å². The molecule has 0 aromatic carbocycles. The zero-order chi connectivity index (χ0) is 8.69. The summed E-state index contributed by atoms with van der Waals surface area (Å²) in [6.07, 6.45) is 0. The van der Waals surface area contributed by atoms with E-state index >= 15 is 0 Å². The summed E-state index contributed by atoms with van der Waals surface area (Å²) in [5.41, 5.74) is 0. The highest BCUT2D eigenvalue weighted by atomic mass is 16.3. The van der Waals surface area contributed by atoms with E-state index in [1.54, 1.807) is 4.90 Å². The summed E-state index contributed by atoms with van der Waals surface area (Å²) in [6.45, 7) is 2.73. The summed E-state index contributed by atoms with van der Waals surface area (Å²) in [6, 6.07) is 0. The summed E-state index contributed by atoms with van der Waals surface area (Å²) in [5.74, 6) is 0.0481. The standard InChI is InChI=1S/C7H15NO3/c1-7(11)6-8(2-4-9)3-5-10/h9-10H,2-6H2,1H3. The lowest BCUT2D eigenvalue weighted by Gasteiger charge is -2.17. The molecule has 2 N–H and O–H groups in total. The topological polar surface area (TPSA) is 60.8 Å². The van der Waals surface area contributed by atoms with Gasteiger partial charge in [0.25, 0.3) is 0 Å². The highest BCUT2D eigenvalue weighted by molar-refractivity contribution is 5.77. The normalized spacial score (nSPS) is 10.5. The van der Waals surface area contributed by atoms with E-state index in [0.29, 0.717) is 19.6 Å². The Balaban J connectivity index is 3.59. The van der Waals surface area contributed by atoms with Crippen LogP contribution in [-0.4, -0.2) is 53.7 Å². The van der Waals surface area contributed by atoms with Crippen molar-refractivity contribution in [1.29, 1.82) is 0 Å². The largest absolute Gasteiger partial charge is 0.395 e. The molecule has 0 aliphatic rings. The second kappa shape index (κ2) is 6.27. The van der Waals surface area contributed by atoms with Gasteiger partial charge in [-0.25, -0.2) is 0 Å². The molecule has 0 aromatic rings. The summed E-state index contributed by atoms with van der Waals surface area (Å²) < 4.78 is 0. The van der Waals surface area contributed by atoms with Crippen molar-refractivity contribution in [2.45, 2.75) is 6.92 Å². The number of aliphatic hydroxyl groups is 2. The predicted octanol–water partition coefficient (Wildman–Crippen LogP) is -1.14. The van der Waals surface area contributed by atoms with Crippen LogP contribution < -0.4 is 0 Å². The van der Waals surface area contributed by atoms with Crippen molar-refractivity contribution in [3.8, 4) is 0 Å². The molecule has 0 saturated heterocycles. The van der Waals surface area contributed by atoms with Gasteiger partial charge in [-0.15, -0.1) is 0 Å². The number of nitrogens with zero attached hydrogens (tertiary/aromatic N) is 1. The zero-order valence-electron chi connectivity index (χ0n) is 6.79. The Morgan fingerprint density at radius 2 is 1.73 bits per heavy atom. The van der Waals surface area contributed by atoms with Gasteiger partial charge in [-0.1, -0.05) is 0 Å². The van der Waals surface area contributed by atoms with Crippen LogP contribution in [0.4, 0.5) is 0 Å². The third kappa shape index (κ3) is 5.97. The highest BCUT2D eigenvalue weighted by Crippen LogP contribution is 1.86. The van der Waals surface area contributed by atoms with Gasteiger partial charge in [0.05, 0.1) is 19.8 Å². The molecule has 0 fully saturated rings. The van der Waals surface area contributed by atoms with Gasteiger partial charge in [0.1, 0.15) is 5.78 Å². The number of hydrogen-bond donors (Lipinski definition) is 2. The quantitative estimate of drug-likeness (QED) is 0.517. The fourth-order valence-electron chi connectivity index (χ4n) is 0.868. The maximum absolute atomic E-state index is 10.6. The molecular weight excluding hydrogens is 146 g/mol. The number of aliphatic hydroxyl groups excluding tert-OH is 2. The Kier molecular flexibility index (Phi) is 6.02. The molecule has 0 aliphatic carbocycles. The predicted molar refractivity (Wildman–Crippen MR) is 41.3 cm³/mol. The third-order valence-electron chi connectivity index (χ3n) is 1.28. The highest BCUT2D eigenvalue weighted by Gasteiger charge is 2.04. The van der Waals surface area contributed by atoms with E-state index < -0.39 is 0 Å². The van der Waals surface area contributed by atoms with Crippen molar-refractivity contribution in [3.05, 3.63) is 0 Å². The van der Waals surface area contributed by atoms with Gasteiger partial charge in [0.15, 0.2) is 0 Å². The smallest absolute Gasteiger partial charge is 0.143 e. The van der Waals surface area contributed by atoms with E-state index in [2.05, 4.69) is 0 Å². The Labute approximate surface area is 66.4 Å². The van der Waals surface area contributed by atoms with Crippen molar-refractivity contribution < 1.29 is 15.0 Å². The van der Waals surface area contributed by atoms with Crippen LogP contribution in [0.2, 0.25) is 0 Å². The average Bonchev–Trinajstić information content (AvgIpc) is 1.87. The first-order chi connectivity index (χ1) is 5.20. The molecule has 0 amide bonds. The molecule has 0 radical (unpaired) electrons. The Hall–Kier alpha value is -0.450. The summed E-state index contributed by atoms with van der Waals surface area (Å²) in [4.78, 5) is 12.3. The minimum atomic E-state index is 0.0211. The second-order valence-corrected chi connectivity index (χ2v) is 2.43. The van der Waals surface area contributed by atoms with Gasteiger partial charge >= 0.3 is 0 Å². The lowest BCUT2D eigenvalue weighted by Crippen LogP contribution is -2.33. The molecule has 0 saturated carbocycles. The van der Waals surface area contributed by atoms with Gasteiger partial charge < -0.3 is 10.2 Å². The molecule has 4 nitrogen and oxygen atoms in total. The van der Waals surface area contributed by atoms with Crippen molar-refractivity contribution in [2.24, 2.45) is 0 Å². The van der Waals surface area contributed by atoms with Gasteiger partial charge in [-0.05, 0) is 6.92 Å². The van der Waals surface area contributed by atoms with Crippen LogP contribution in [0.15, 0.2) is 0 Å². The molecule has 0 spiro atoms. The number of carbonyl (C=O) groups is 1. The van der Waals surface area contributed by atoms with E-state index in [4.69, 9.17) is 10.2 Å². The molecule has 4 heteroatoms. The van der Waals surface area contributed by atoms with E-state index in [1.165, 1.54) is 6.92 Å². The van der Waals surface area contributed by atoms with Crippen molar-refractivity contribution >= 4 is 5.78 Å². The minimum Gasteiger partial charge on any atom is -0.395 e. The molecule has 11 heavy (non-hydrogen) atoms. The first kappa shape index (κ1) is 10.6. The van der Waals surface area contributed by atoms with Gasteiger partial charge in [0.2, 0.25) is 0 Å². The fourth-order valence-corrected chi connectivity index (χ4v) is 0.868. The van der Waals surface area contributed by atoms with Crippen LogP contribution in [0.5, 0.6) is 0 Å². The molecule has 0 rings (SSSR count). The number of hydrogen-bond acceptors (Lipinski definition) is 4. The summed E-state index contributed by atoms with van der Waals surface area (Å²) >= 11 is 0. The van der Waals surface area contributed by atoms with Crippen LogP contribution in [-0.2, 0) is 4.79 Å². The molecule has 0 bridgehead atoms. The SMILES string of the molecule is CC(=O)CN(CCO)CCO. The Morgan fingerprint density at radius 3 is 2.00 bits per heavy atom. The van der Waals surface area contributed by atoms with Crippen LogP contribution in [0.25, 0.3) is 0 Å². The fraction of sp³-hybridized carbons (Fsp3) is 0.857. The average molecular weight is 161 g/mol. The molecule has 0 atom stereocenters. The van der Waals surface area contributed by atoms with E-state index in [-0.39, 0.29) is 19.0 Å². The van der Waals surface area contributed by atoms with E-state index in [9.17, 15) is 4.79 Å². The minimum absolute atomic E-state index is 0.0211. The lowest BCUT2D eigenvalue weighted by atomic mass is 10.4. The van der Waals surface area contributed by atoms with Crippen molar-refractivity contribution in [2.75, 3.05) is 32.8 Å². The van der Waals surface area contributed by atoms with Gasteiger partial charge in [-0.3, -0.25) is 9.69 Å². The summed E-state index contributed by atoms with van der Waals surface area (Å²) in [5, 5.41) is 17.1. The van der Waals surface area contributed by atoms with Crippen LogP contribution in [0.1, 0.15) is 6.92 Å². The van der Waals surface area contributed by atoms with Crippen LogP contribution in [0, 0.1) is 0 Å². The van der Waals surface area contributed by atoms with Crippen LogP contribution in [0.3, 0.4) is 0 Å². The maximum atomic E-state index is 10.6. The molecule has 66 valence electrons. The number of carbonyl (C=O) groups excluding carboxylic acids is 1. The third-order valence-corrected chi connectivity index (χ3v) is 1.28. The Bertz CT molecular complexity index is 110. The number of Topliss-reactive ketones (excluding diaryl/α,β-unsaturated/α-hetero) is 1. The van der Waals surface area contributed by atoms with Gasteiger partial charge in [-0.2, -0.15) is 0 Å². The van der Waals surface area contributed by atoms with Crippen molar-refractivity contribution in [1.82, 2.24) is 4.90 Å². The van der Waals surface area contributed by atoms with Crippen LogP contribution >= 0.6 is 0 Å². The van der Waals surface area contributed by atoms with E-state index in [0.717, 1.165) is 0 Å². The zero-order valence-corrected chi connectivity index (χ0v) is 6.79. The molecule has 0 unspecified atom stereocenters. The number of rotatable bonds is 6. The lowest BCUT2D eigenvalue weighted by molar-refractivity contribution is -0.118. The molecule has 0 aliphatic heterocycles.